The second-order valence-corrected chi connectivity index (χ2v) is 10.1. The van der Waals surface area contributed by atoms with Gasteiger partial charge in [0.2, 0.25) is 5.91 Å². The molecular weight excluding hydrogens is 487 g/mol. The first-order chi connectivity index (χ1) is 15.7. The van der Waals surface area contributed by atoms with E-state index in [2.05, 4.69) is 49.8 Å². The Balaban J connectivity index is 0.000000471. The zero-order valence-electron chi connectivity index (χ0n) is 17.6. The Bertz CT molecular complexity index is 1200. The van der Waals surface area contributed by atoms with Crippen LogP contribution in [0.4, 0.5) is 11.5 Å². The number of nitrogens with zero attached hydrogens (tertiary/aromatic N) is 3. The zero-order chi connectivity index (χ0) is 23.6. The molecule has 12 heteroatoms. The van der Waals surface area contributed by atoms with Gasteiger partial charge in [-0.15, -0.1) is 0 Å². The van der Waals surface area contributed by atoms with Crippen LogP contribution in [-0.2, 0) is 22.2 Å². The number of carbonyl (C=O) groups excluding carboxylic acids is 1. The van der Waals surface area contributed by atoms with Gasteiger partial charge < -0.3 is 24.9 Å². The van der Waals surface area contributed by atoms with E-state index in [1.807, 2.05) is 6.07 Å². The molecule has 2 aliphatic rings. The fourth-order valence-corrected chi connectivity index (χ4v) is 5.11. The molecule has 2 aromatic carbocycles. The number of hydrogen-bond acceptors (Lipinski definition) is 7. The van der Waals surface area contributed by atoms with Crippen molar-refractivity contribution in [1.29, 1.82) is 0 Å². The van der Waals surface area contributed by atoms with Gasteiger partial charge in [-0.05, 0) is 47.3 Å². The molecule has 1 amide bonds. The average Bonchev–Trinajstić information content (AvgIpc) is 3.33. The number of rotatable bonds is 4. The Morgan fingerprint density at radius 3 is 2.61 bits per heavy atom. The molecule has 0 bridgehead atoms. The van der Waals surface area contributed by atoms with Gasteiger partial charge in [-0.3, -0.25) is 14.3 Å². The number of benzene rings is 2. The topological polar surface area (TPSA) is 129 Å². The first kappa shape index (κ1) is 24.1. The molecule has 2 aliphatic heterocycles. The van der Waals surface area contributed by atoms with Gasteiger partial charge in [0, 0.05) is 48.8 Å². The lowest BCUT2D eigenvalue weighted by Gasteiger charge is -2.35. The number of carbonyl (C=O) groups is 1. The van der Waals surface area contributed by atoms with Gasteiger partial charge in [0.1, 0.15) is 5.82 Å². The second-order valence-electron chi connectivity index (χ2n) is 7.90. The van der Waals surface area contributed by atoms with Gasteiger partial charge in [-0.25, -0.2) is 0 Å². The SMILES string of the molecule is O=C1Cc2cc(CCN3CCN(c4nsc5ccccc45)CC3)c(Cl)cc2N1.O=P([O-])(O)O. The van der Waals surface area contributed by atoms with Crippen LogP contribution in [0.15, 0.2) is 36.4 Å². The van der Waals surface area contributed by atoms with Crippen molar-refractivity contribution in [3.63, 3.8) is 0 Å². The fraction of sp³-hybridized carbons (Fsp3) is 0.333. The molecule has 176 valence electrons. The van der Waals surface area contributed by atoms with Crippen LogP contribution in [0.25, 0.3) is 10.1 Å². The van der Waals surface area contributed by atoms with Crippen molar-refractivity contribution in [3.05, 3.63) is 52.5 Å². The lowest BCUT2D eigenvalue weighted by molar-refractivity contribution is -0.214. The lowest BCUT2D eigenvalue weighted by Crippen LogP contribution is -2.47. The molecule has 5 rings (SSSR count). The molecule has 0 atom stereocenters. The van der Waals surface area contributed by atoms with Gasteiger partial charge in [0.15, 0.2) is 0 Å². The first-order valence-electron chi connectivity index (χ1n) is 10.4. The van der Waals surface area contributed by atoms with E-state index < -0.39 is 7.82 Å². The van der Waals surface area contributed by atoms with E-state index in [9.17, 15) is 4.79 Å². The Morgan fingerprint density at radius 1 is 1.18 bits per heavy atom. The van der Waals surface area contributed by atoms with Crippen LogP contribution < -0.4 is 15.1 Å². The van der Waals surface area contributed by atoms with Gasteiger partial charge in [0.25, 0.3) is 7.82 Å². The van der Waals surface area contributed by atoms with Crippen LogP contribution in [-0.4, -0.2) is 57.7 Å². The maximum Gasteiger partial charge on any atom is 0.262 e. The Morgan fingerprint density at radius 2 is 1.88 bits per heavy atom. The highest BCUT2D eigenvalue weighted by Gasteiger charge is 2.22. The van der Waals surface area contributed by atoms with Crippen molar-refractivity contribution in [2.75, 3.05) is 42.9 Å². The van der Waals surface area contributed by atoms with Gasteiger partial charge in [0.05, 0.1) is 11.1 Å². The molecule has 3 aromatic rings. The van der Waals surface area contributed by atoms with Crippen LogP contribution in [0.2, 0.25) is 5.02 Å². The molecule has 33 heavy (non-hydrogen) atoms. The molecular formula is C21H23ClN4O5PS-. The molecule has 1 aromatic heterocycles. The van der Waals surface area contributed by atoms with Gasteiger partial charge in [-0.1, -0.05) is 29.8 Å². The Hall–Kier alpha value is -2.04. The first-order valence-corrected chi connectivity index (χ1v) is 13.0. The summed E-state index contributed by atoms with van der Waals surface area (Å²) in [5, 5.41) is 4.86. The number of phosphoric acid groups is 1. The number of piperazine rings is 1. The largest absolute Gasteiger partial charge is 0.756 e. The molecule has 1 saturated heterocycles. The molecule has 1 fully saturated rings. The number of halogens is 1. The number of hydrogen-bond donors (Lipinski definition) is 3. The summed E-state index contributed by atoms with van der Waals surface area (Å²) in [5.41, 5.74) is 3.05. The summed E-state index contributed by atoms with van der Waals surface area (Å²) in [4.78, 5) is 39.4. The minimum absolute atomic E-state index is 0.0499. The second kappa shape index (κ2) is 10.1. The van der Waals surface area contributed by atoms with E-state index in [1.165, 1.54) is 10.1 Å². The summed E-state index contributed by atoms with van der Waals surface area (Å²) in [7, 11) is -4.89. The van der Waals surface area contributed by atoms with Crippen LogP contribution in [0, 0.1) is 0 Å². The van der Waals surface area contributed by atoms with E-state index in [-0.39, 0.29) is 5.91 Å². The molecule has 0 saturated carbocycles. The highest BCUT2D eigenvalue weighted by molar-refractivity contribution is 7.43. The van der Waals surface area contributed by atoms with E-state index in [0.29, 0.717) is 6.42 Å². The highest BCUT2D eigenvalue weighted by Crippen LogP contribution is 2.31. The summed E-state index contributed by atoms with van der Waals surface area (Å²) < 4.78 is 14.7. The third kappa shape index (κ3) is 6.30. The predicted molar refractivity (Wildman–Crippen MR) is 128 cm³/mol. The maximum absolute atomic E-state index is 11.6. The fourth-order valence-electron chi connectivity index (χ4n) is 4.05. The van der Waals surface area contributed by atoms with Crippen LogP contribution in [0.1, 0.15) is 11.1 Å². The molecule has 0 aliphatic carbocycles. The van der Waals surface area contributed by atoms with Gasteiger partial charge >= 0.3 is 0 Å². The van der Waals surface area contributed by atoms with Crippen molar-refractivity contribution < 1.29 is 24.0 Å². The van der Waals surface area contributed by atoms with E-state index in [4.69, 9.17) is 30.8 Å². The Kier molecular flexibility index (Phi) is 7.35. The zero-order valence-corrected chi connectivity index (χ0v) is 20.1. The van der Waals surface area contributed by atoms with Crippen molar-refractivity contribution in [2.45, 2.75) is 12.8 Å². The molecule has 0 unspecified atom stereocenters. The molecule has 9 nitrogen and oxygen atoms in total. The van der Waals surface area contributed by atoms with Crippen molar-refractivity contribution in [1.82, 2.24) is 9.27 Å². The normalized spacial score (nSPS) is 16.4. The van der Waals surface area contributed by atoms with Crippen LogP contribution >= 0.6 is 31.0 Å². The minimum Gasteiger partial charge on any atom is -0.756 e. The number of anilines is 2. The van der Waals surface area contributed by atoms with E-state index in [1.54, 1.807) is 11.5 Å². The summed E-state index contributed by atoms with van der Waals surface area (Å²) in [6, 6.07) is 12.4. The number of nitrogens with one attached hydrogen (secondary N) is 1. The average molecular weight is 510 g/mol. The third-order valence-corrected chi connectivity index (χ3v) is 6.79. The van der Waals surface area contributed by atoms with Crippen molar-refractivity contribution >= 4 is 58.5 Å². The predicted octanol–water partition coefficient (Wildman–Crippen LogP) is 2.25. The van der Waals surface area contributed by atoms with Crippen molar-refractivity contribution in [2.24, 2.45) is 0 Å². The summed E-state index contributed by atoms with van der Waals surface area (Å²) >= 11 is 8.01. The molecule has 3 N–H and O–H groups in total. The van der Waals surface area contributed by atoms with Crippen LogP contribution in [0.5, 0.6) is 0 Å². The van der Waals surface area contributed by atoms with E-state index >= 15 is 0 Å². The lowest BCUT2D eigenvalue weighted by atomic mass is 10.1. The Labute approximate surface area is 200 Å². The number of amides is 1. The van der Waals surface area contributed by atoms with Crippen LogP contribution in [0.3, 0.4) is 0 Å². The molecule has 0 radical (unpaired) electrons. The maximum atomic E-state index is 11.6. The summed E-state index contributed by atoms with van der Waals surface area (Å²) in [5.74, 6) is 1.17. The molecule has 0 spiro atoms. The van der Waals surface area contributed by atoms with E-state index in [0.717, 1.165) is 66.8 Å². The minimum atomic E-state index is -4.89. The number of fused-ring (bicyclic) bond motifs is 2. The smallest absolute Gasteiger partial charge is 0.262 e. The van der Waals surface area contributed by atoms with Crippen molar-refractivity contribution in [3.8, 4) is 0 Å². The molecule has 3 heterocycles. The number of aromatic nitrogens is 1. The summed E-state index contributed by atoms with van der Waals surface area (Å²) in [6.45, 7) is 5.00. The summed E-state index contributed by atoms with van der Waals surface area (Å²) in [6.07, 6.45) is 1.36. The third-order valence-electron chi connectivity index (χ3n) is 5.62. The monoisotopic (exact) mass is 509 g/mol. The van der Waals surface area contributed by atoms with Gasteiger partial charge in [-0.2, -0.15) is 4.37 Å². The highest BCUT2D eigenvalue weighted by atomic mass is 35.5. The standard InChI is InChI=1S/C21H21ClN4OS.H3O4P/c22-17-13-18-15(12-20(27)23-18)11-14(17)5-6-25-7-9-26(10-8-25)21-16-3-1-2-4-19(16)28-24-21;1-5(2,3)4/h1-4,11,13H,5-10,12H2,(H,23,27);(H3,1,2,3,4)/p-1. The quantitative estimate of drug-likeness (QED) is 0.457.